The van der Waals surface area contributed by atoms with E-state index >= 15 is 0 Å². The maximum absolute atomic E-state index is 14.3. The average molecular weight is 1180 g/mol. The quantitative estimate of drug-likeness (QED) is 0.0129. The van der Waals surface area contributed by atoms with Crippen molar-refractivity contribution >= 4 is 81.8 Å². The summed E-state index contributed by atoms with van der Waals surface area (Å²) < 4.78 is 0. The number of fused-ring (bicyclic) bond motifs is 1. The lowest BCUT2D eigenvalue weighted by Gasteiger charge is -2.30. The van der Waals surface area contributed by atoms with Crippen molar-refractivity contribution < 1.29 is 63.0 Å². The number of guanidine groups is 1. The molecule has 30 nitrogen and oxygen atoms in total. The number of benzene rings is 2. The van der Waals surface area contributed by atoms with Crippen LogP contribution in [0, 0.1) is 5.92 Å². The first-order valence-corrected chi connectivity index (χ1v) is 27.8. The summed E-state index contributed by atoms with van der Waals surface area (Å²) in [4.78, 5) is 164. The number of aromatic amines is 2. The number of carbonyl (C=O) groups is 11. The number of aromatic nitrogens is 3. The number of aliphatic hydroxyl groups excluding tert-OH is 1. The zero-order valence-electron chi connectivity index (χ0n) is 47.1. The van der Waals surface area contributed by atoms with E-state index in [1.54, 1.807) is 26.1 Å². The van der Waals surface area contributed by atoms with E-state index < -0.39 is 127 Å². The highest BCUT2D eigenvalue weighted by Gasteiger charge is 2.39. The molecule has 2 aliphatic rings. The summed E-state index contributed by atoms with van der Waals surface area (Å²) in [5.74, 6) is -8.87. The van der Waals surface area contributed by atoms with Gasteiger partial charge in [0.15, 0.2) is 5.96 Å². The zero-order valence-corrected chi connectivity index (χ0v) is 47.1. The van der Waals surface area contributed by atoms with Gasteiger partial charge in [-0.3, -0.25) is 57.7 Å². The fraction of sp³-hybridized carbons (Fsp3) is 0.473. The highest BCUT2D eigenvalue weighted by Crippen LogP contribution is 2.22. The summed E-state index contributed by atoms with van der Waals surface area (Å²) in [7, 11) is 0. The highest BCUT2D eigenvalue weighted by molar-refractivity contribution is 5.99. The van der Waals surface area contributed by atoms with Gasteiger partial charge in [0.2, 0.25) is 65.0 Å². The van der Waals surface area contributed by atoms with E-state index in [0.29, 0.717) is 23.2 Å². The smallest absolute Gasteiger partial charge is 0.245 e. The number of para-hydroxylation sites is 1. The van der Waals surface area contributed by atoms with Crippen molar-refractivity contribution in [3.63, 3.8) is 0 Å². The normalized spacial score (nSPS) is 16.8. The number of nitrogens with two attached hydrogens (primary N) is 3. The second-order valence-electron chi connectivity index (χ2n) is 21.2. The van der Waals surface area contributed by atoms with Crippen LogP contribution in [0.3, 0.4) is 0 Å². The van der Waals surface area contributed by atoms with E-state index in [-0.39, 0.29) is 94.4 Å². The van der Waals surface area contributed by atoms with Gasteiger partial charge < -0.3 is 90.1 Å². The summed E-state index contributed by atoms with van der Waals surface area (Å²) in [5, 5.41) is 44.4. The van der Waals surface area contributed by atoms with Crippen molar-refractivity contribution in [2.24, 2.45) is 28.1 Å². The standard InChI is InChI=1S/C55H75N17O13/c1-29(2)19-38(49(80)67-37(9-5-17-60-55(57)58)54(85)72-18-6-10-43(72)53(84)62-25-44(56)75)66-46(77)26-63-47(78)39(20-30-11-13-33(74)14-12-30)68-52(83)42(27-73)71-51(82)41(22-32-24-59-28-64-32)70-50(81)40(69-48(79)36-15-16-45(76)65-36)21-31-23-61-35-8-4-3-7-34(31)35/h3-4,7-8,11-14,23-24,28-29,36-43,61,73-74H,5-6,9-10,15-22,25-27H2,1-2H3,(H2,56,75)(H,59,64)(H,62,84)(H,63,78)(H,65,76)(H,66,77)(H,67,80)(H,68,83)(H,69,79)(H,70,81)(H,71,82)(H4,57,58,60)/t36-,37-,38-,39-,40-,41-,42-,43-/m0/s1. The number of primary amides is 1. The second-order valence-corrected chi connectivity index (χ2v) is 21.2. The summed E-state index contributed by atoms with van der Waals surface area (Å²) in [5.41, 5.74) is 18.4. The molecule has 2 aromatic carbocycles. The van der Waals surface area contributed by atoms with Gasteiger partial charge in [-0.25, -0.2) is 4.98 Å². The summed E-state index contributed by atoms with van der Waals surface area (Å²) in [6.07, 6.45) is 5.21. The molecule has 0 spiro atoms. The Labute approximate surface area is 488 Å². The lowest BCUT2D eigenvalue weighted by molar-refractivity contribution is -0.142. The van der Waals surface area contributed by atoms with Crippen LogP contribution in [0.2, 0.25) is 0 Å². The Morgan fingerprint density at radius 1 is 0.729 bits per heavy atom. The number of imidazole rings is 1. The third-order valence-corrected chi connectivity index (χ3v) is 14.1. The topological polar surface area (TPSA) is 475 Å². The Kier molecular flexibility index (Phi) is 23.7. The van der Waals surface area contributed by atoms with E-state index in [1.165, 1.54) is 41.7 Å². The van der Waals surface area contributed by atoms with Gasteiger partial charge in [-0.1, -0.05) is 44.2 Å². The zero-order chi connectivity index (χ0) is 61.7. The number of aromatic hydroxyl groups is 1. The first kappa shape index (κ1) is 64.6. The number of likely N-dealkylation sites (tertiary alicyclic amines) is 1. The number of hydrogen-bond donors (Lipinski definition) is 16. The van der Waals surface area contributed by atoms with E-state index in [2.05, 4.69) is 67.8 Å². The third kappa shape index (κ3) is 19.5. The van der Waals surface area contributed by atoms with Gasteiger partial charge in [-0.2, -0.15) is 0 Å². The molecule has 4 aromatic rings. The molecule has 85 heavy (non-hydrogen) atoms. The molecule has 0 unspecified atom stereocenters. The Morgan fingerprint density at radius 3 is 2.04 bits per heavy atom. The predicted octanol–water partition coefficient (Wildman–Crippen LogP) is -4.39. The molecule has 6 rings (SSSR count). The number of carbonyl (C=O) groups excluding carboxylic acids is 11. The lowest BCUT2D eigenvalue weighted by Crippen LogP contribution is -2.60. The van der Waals surface area contributed by atoms with Crippen LogP contribution >= 0.6 is 0 Å². The maximum atomic E-state index is 14.3. The van der Waals surface area contributed by atoms with Crippen LogP contribution in [0.4, 0.5) is 0 Å². The Bertz CT molecular complexity index is 3060. The lowest BCUT2D eigenvalue weighted by atomic mass is 10.0. The number of H-pyrrole nitrogens is 2. The van der Waals surface area contributed by atoms with Crippen LogP contribution < -0.4 is 65.1 Å². The number of nitrogens with one attached hydrogen (secondary N) is 11. The summed E-state index contributed by atoms with van der Waals surface area (Å²) in [6, 6.07) is 2.48. The van der Waals surface area contributed by atoms with Gasteiger partial charge in [0.25, 0.3) is 0 Å². The van der Waals surface area contributed by atoms with Gasteiger partial charge in [0, 0.05) is 67.8 Å². The summed E-state index contributed by atoms with van der Waals surface area (Å²) in [6.45, 7) is 1.62. The first-order valence-electron chi connectivity index (χ1n) is 27.8. The number of phenolic OH excluding ortho intramolecular Hbond substituents is 1. The van der Waals surface area contributed by atoms with Crippen molar-refractivity contribution in [2.45, 2.75) is 126 Å². The van der Waals surface area contributed by atoms with Crippen LogP contribution in [0.1, 0.15) is 75.6 Å². The maximum Gasteiger partial charge on any atom is 0.245 e. The van der Waals surface area contributed by atoms with Crippen LogP contribution in [0.5, 0.6) is 5.75 Å². The Balaban J connectivity index is 1.14. The van der Waals surface area contributed by atoms with Gasteiger partial charge in [-0.05, 0) is 73.8 Å². The van der Waals surface area contributed by atoms with E-state index in [4.69, 9.17) is 17.2 Å². The molecule has 2 aromatic heterocycles. The van der Waals surface area contributed by atoms with Crippen molar-refractivity contribution in [2.75, 3.05) is 32.8 Å². The molecule has 2 saturated heterocycles. The molecule has 2 fully saturated rings. The molecule has 0 radical (unpaired) electrons. The third-order valence-electron chi connectivity index (χ3n) is 14.1. The van der Waals surface area contributed by atoms with Gasteiger partial charge in [0.05, 0.1) is 26.0 Å². The Morgan fingerprint density at radius 2 is 1.39 bits per heavy atom. The van der Waals surface area contributed by atoms with Gasteiger partial charge in [0.1, 0.15) is 54.1 Å². The monoisotopic (exact) mass is 1180 g/mol. The van der Waals surface area contributed by atoms with Crippen LogP contribution in [-0.2, 0) is 72.0 Å². The Hall–Kier alpha value is -9.61. The van der Waals surface area contributed by atoms with Gasteiger partial charge in [-0.15, -0.1) is 0 Å². The number of amides is 11. The SMILES string of the molecule is CC(C)C[C@H](NC(=O)CNC(=O)[C@H](Cc1ccc(O)cc1)NC(=O)[C@H](CO)NC(=O)[C@H](Cc1cnc[nH]1)NC(=O)[C@H](Cc1c[nH]c2ccccc12)NC(=O)[C@@H]1CCC(=O)N1)C(=O)N[C@@H](CCCN=C(N)N)C(=O)N1CCC[C@H]1C(=O)NCC(N)=O. The number of phenols is 1. The van der Waals surface area contributed by atoms with Crippen LogP contribution in [-0.4, -0.2) is 182 Å². The molecule has 0 aliphatic carbocycles. The molecule has 0 bridgehead atoms. The molecule has 11 amide bonds. The van der Waals surface area contributed by atoms with Crippen LogP contribution in [0.25, 0.3) is 10.9 Å². The van der Waals surface area contributed by atoms with Crippen molar-refractivity contribution in [1.29, 1.82) is 0 Å². The number of nitrogens with zero attached hydrogens (tertiary/aromatic N) is 3. The predicted molar refractivity (Wildman–Crippen MR) is 305 cm³/mol. The van der Waals surface area contributed by atoms with Crippen molar-refractivity contribution in [1.82, 2.24) is 67.7 Å². The first-order chi connectivity index (χ1) is 40.6. The van der Waals surface area contributed by atoms with Gasteiger partial charge >= 0.3 is 0 Å². The molecule has 2 aliphatic heterocycles. The largest absolute Gasteiger partial charge is 0.508 e. The number of rotatable bonds is 31. The fourth-order valence-corrected chi connectivity index (χ4v) is 9.79. The number of hydrogen-bond acceptors (Lipinski definition) is 15. The number of aliphatic imine (C=N–C) groups is 1. The average Bonchev–Trinajstić information content (AvgIpc) is 4.56. The molecule has 8 atom stereocenters. The molecule has 4 heterocycles. The molecular formula is C55H75N17O13. The molecule has 458 valence electrons. The second kappa shape index (κ2) is 31.2. The van der Waals surface area contributed by atoms with E-state index in [0.717, 1.165) is 10.9 Å². The minimum atomic E-state index is -1.76. The summed E-state index contributed by atoms with van der Waals surface area (Å²) >= 11 is 0. The highest BCUT2D eigenvalue weighted by atomic mass is 16.3. The minimum Gasteiger partial charge on any atom is -0.508 e. The van der Waals surface area contributed by atoms with Crippen molar-refractivity contribution in [3.05, 3.63) is 84.1 Å². The molecule has 19 N–H and O–H groups in total. The van der Waals surface area contributed by atoms with Crippen molar-refractivity contribution in [3.8, 4) is 5.75 Å². The van der Waals surface area contributed by atoms with E-state index in [9.17, 15) is 63.0 Å². The minimum absolute atomic E-state index is 0.0156. The molecule has 0 saturated carbocycles. The van der Waals surface area contributed by atoms with Crippen LogP contribution in [0.15, 0.2) is 72.2 Å². The van der Waals surface area contributed by atoms with E-state index in [1.807, 2.05) is 18.2 Å². The molecule has 30 heteroatoms. The number of aliphatic hydroxyl groups is 1. The fourth-order valence-electron chi connectivity index (χ4n) is 9.79. The molecular weight excluding hydrogens is 1110 g/mol.